The molecule has 1 fully saturated rings. The van der Waals surface area contributed by atoms with Gasteiger partial charge in [-0.3, -0.25) is 4.79 Å². The molecule has 17 heavy (non-hydrogen) atoms. The molecule has 92 valence electrons. The highest BCUT2D eigenvalue weighted by molar-refractivity contribution is 5.84. The normalized spacial score (nSPS) is 26.2. The lowest BCUT2D eigenvalue weighted by Crippen LogP contribution is -2.61. The second kappa shape index (κ2) is 4.15. The van der Waals surface area contributed by atoms with Gasteiger partial charge < -0.3 is 9.47 Å². The fourth-order valence-corrected chi connectivity index (χ4v) is 2.41. The van der Waals surface area contributed by atoms with Crippen LogP contribution in [0.3, 0.4) is 0 Å². The van der Waals surface area contributed by atoms with E-state index < -0.39 is 11.0 Å². The number of hydrogen-bond acceptors (Lipinski definition) is 3. The van der Waals surface area contributed by atoms with E-state index in [9.17, 15) is 4.79 Å². The molecule has 0 saturated carbocycles. The minimum absolute atomic E-state index is 0.141. The van der Waals surface area contributed by atoms with Gasteiger partial charge in [-0.15, -0.1) is 0 Å². The maximum atomic E-state index is 11.6. The van der Waals surface area contributed by atoms with Crippen molar-refractivity contribution in [3.8, 4) is 0 Å². The van der Waals surface area contributed by atoms with Crippen LogP contribution in [0.5, 0.6) is 0 Å². The highest BCUT2D eigenvalue weighted by atomic mass is 16.6. The number of cyclic esters (lactones) is 1. The second-order valence-electron chi connectivity index (χ2n) is 4.95. The first-order valence-corrected chi connectivity index (χ1v) is 5.82. The molecular weight excluding hydrogens is 216 g/mol. The average Bonchev–Trinajstić information content (AvgIpc) is 2.35. The highest BCUT2D eigenvalue weighted by Crippen LogP contribution is 2.54. The summed E-state index contributed by atoms with van der Waals surface area (Å²) in [5.74, 6) is -0.141. The van der Waals surface area contributed by atoms with Crippen molar-refractivity contribution in [3.63, 3.8) is 0 Å². The lowest BCUT2D eigenvalue weighted by atomic mass is 9.64. The molecule has 2 rings (SSSR count). The maximum Gasteiger partial charge on any atom is 0.316 e. The summed E-state index contributed by atoms with van der Waals surface area (Å²) in [4.78, 5) is 11.6. The molecule has 3 nitrogen and oxygen atoms in total. The molecule has 1 aliphatic heterocycles. The number of esters is 1. The lowest BCUT2D eigenvalue weighted by Gasteiger charge is -2.53. The monoisotopic (exact) mass is 234 g/mol. The first-order valence-electron chi connectivity index (χ1n) is 5.82. The zero-order chi connectivity index (χ0) is 12.5. The van der Waals surface area contributed by atoms with Crippen molar-refractivity contribution in [2.75, 3.05) is 13.7 Å². The molecule has 0 amide bonds. The standard InChI is InChI=1S/C14H18O3/c1-13(2)12(15)17-14(13,9-10-16-3)11-7-5-4-6-8-11/h4-8H,9-10H2,1-3H3. The van der Waals surface area contributed by atoms with E-state index in [-0.39, 0.29) is 5.97 Å². The first-order chi connectivity index (χ1) is 8.04. The van der Waals surface area contributed by atoms with Crippen LogP contribution in [0.1, 0.15) is 25.8 Å². The third kappa shape index (κ3) is 1.65. The van der Waals surface area contributed by atoms with Gasteiger partial charge in [0.25, 0.3) is 0 Å². The van der Waals surface area contributed by atoms with Crippen molar-refractivity contribution < 1.29 is 14.3 Å². The van der Waals surface area contributed by atoms with Crippen LogP contribution >= 0.6 is 0 Å². The largest absolute Gasteiger partial charge is 0.452 e. The molecule has 0 aliphatic carbocycles. The Bertz CT molecular complexity index is 411. The summed E-state index contributed by atoms with van der Waals surface area (Å²) in [5, 5.41) is 0. The van der Waals surface area contributed by atoms with Gasteiger partial charge in [0.05, 0.1) is 6.61 Å². The number of rotatable bonds is 4. The van der Waals surface area contributed by atoms with E-state index in [1.807, 2.05) is 44.2 Å². The molecule has 0 radical (unpaired) electrons. The van der Waals surface area contributed by atoms with E-state index in [1.165, 1.54) is 0 Å². The Morgan fingerprint density at radius 3 is 2.35 bits per heavy atom. The van der Waals surface area contributed by atoms with Gasteiger partial charge in [0.15, 0.2) is 5.60 Å². The predicted octanol–water partition coefficient (Wildman–Crippen LogP) is 2.50. The van der Waals surface area contributed by atoms with Crippen LogP contribution in [0.15, 0.2) is 30.3 Å². The third-order valence-corrected chi connectivity index (χ3v) is 3.69. The Morgan fingerprint density at radius 2 is 1.88 bits per heavy atom. The van der Waals surface area contributed by atoms with E-state index >= 15 is 0 Å². The molecule has 1 aliphatic rings. The summed E-state index contributed by atoms with van der Waals surface area (Å²) >= 11 is 0. The summed E-state index contributed by atoms with van der Waals surface area (Å²) in [6.07, 6.45) is 0.687. The van der Waals surface area contributed by atoms with E-state index in [1.54, 1.807) is 7.11 Å². The Labute approximate surface area is 102 Å². The van der Waals surface area contributed by atoms with E-state index in [4.69, 9.17) is 9.47 Å². The highest BCUT2D eigenvalue weighted by Gasteiger charge is 2.63. The quantitative estimate of drug-likeness (QED) is 0.751. The summed E-state index contributed by atoms with van der Waals surface area (Å²) in [5.41, 5.74) is 0.00970. The second-order valence-corrected chi connectivity index (χ2v) is 4.95. The molecule has 1 saturated heterocycles. The molecule has 1 atom stereocenters. The molecule has 1 aromatic rings. The topological polar surface area (TPSA) is 35.5 Å². The molecule has 0 spiro atoms. The fraction of sp³-hybridized carbons (Fsp3) is 0.500. The summed E-state index contributed by atoms with van der Waals surface area (Å²) in [7, 11) is 1.66. The number of benzene rings is 1. The Hall–Kier alpha value is -1.35. The van der Waals surface area contributed by atoms with Crippen molar-refractivity contribution in [2.45, 2.75) is 25.9 Å². The van der Waals surface area contributed by atoms with Gasteiger partial charge in [0.2, 0.25) is 0 Å². The molecule has 0 N–H and O–H groups in total. The number of ether oxygens (including phenoxy) is 2. The van der Waals surface area contributed by atoms with Crippen LogP contribution in [0.4, 0.5) is 0 Å². The van der Waals surface area contributed by atoms with Crippen molar-refractivity contribution in [1.82, 2.24) is 0 Å². The van der Waals surface area contributed by atoms with Gasteiger partial charge in [-0.1, -0.05) is 30.3 Å². The van der Waals surface area contributed by atoms with E-state index in [0.29, 0.717) is 13.0 Å². The smallest absolute Gasteiger partial charge is 0.316 e. The molecule has 0 aromatic heterocycles. The number of carbonyl (C=O) groups is 1. The van der Waals surface area contributed by atoms with Crippen LogP contribution < -0.4 is 0 Å². The van der Waals surface area contributed by atoms with Gasteiger partial charge in [-0.2, -0.15) is 0 Å². The van der Waals surface area contributed by atoms with Crippen molar-refractivity contribution in [3.05, 3.63) is 35.9 Å². The zero-order valence-corrected chi connectivity index (χ0v) is 10.5. The Morgan fingerprint density at radius 1 is 1.24 bits per heavy atom. The fourth-order valence-electron chi connectivity index (χ4n) is 2.41. The van der Waals surface area contributed by atoms with Crippen molar-refractivity contribution in [2.24, 2.45) is 5.41 Å². The van der Waals surface area contributed by atoms with Crippen LogP contribution in [0.25, 0.3) is 0 Å². The predicted molar refractivity (Wildman–Crippen MR) is 64.5 cm³/mol. The summed E-state index contributed by atoms with van der Waals surface area (Å²) in [6, 6.07) is 9.90. The SMILES string of the molecule is COCCC1(c2ccccc2)OC(=O)C1(C)C. The summed E-state index contributed by atoms with van der Waals surface area (Å²) < 4.78 is 10.6. The molecule has 1 unspecified atom stereocenters. The number of methoxy groups -OCH3 is 1. The van der Waals surface area contributed by atoms with Gasteiger partial charge in [-0.25, -0.2) is 0 Å². The van der Waals surface area contributed by atoms with Crippen molar-refractivity contribution in [1.29, 1.82) is 0 Å². The van der Waals surface area contributed by atoms with Gasteiger partial charge >= 0.3 is 5.97 Å². The van der Waals surface area contributed by atoms with E-state index in [0.717, 1.165) is 5.56 Å². The third-order valence-electron chi connectivity index (χ3n) is 3.69. The number of carbonyl (C=O) groups excluding carboxylic acids is 1. The minimum Gasteiger partial charge on any atom is -0.452 e. The maximum absolute atomic E-state index is 11.6. The van der Waals surface area contributed by atoms with Crippen molar-refractivity contribution >= 4 is 5.97 Å². The van der Waals surface area contributed by atoms with E-state index in [2.05, 4.69) is 0 Å². The molecular formula is C14H18O3. The lowest BCUT2D eigenvalue weighted by molar-refractivity contribution is -0.245. The van der Waals surface area contributed by atoms with Crippen LogP contribution in [0, 0.1) is 5.41 Å². The average molecular weight is 234 g/mol. The molecule has 1 aromatic carbocycles. The van der Waals surface area contributed by atoms with Crippen LogP contribution in [0.2, 0.25) is 0 Å². The zero-order valence-electron chi connectivity index (χ0n) is 10.5. The number of hydrogen-bond donors (Lipinski definition) is 0. The molecule has 0 bridgehead atoms. The first kappa shape index (κ1) is 12.1. The minimum atomic E-state index is -0.540. The van der Waals surface area contributed by atoms with Crippen LogP contribution in [-0.2, 0) is 19.9 Å². The Kier molecular flexibility index (Phi) is 2.96. The van der Waals surface area contributed by atoms with Crippen LogP contribution in [-0.4, -0.2) is 19.7 Å². The van der Waals surface area contributed by atoms with Gasteiger partial charge in [0.1, 0.15) is 5.41 Å². The summed E-state index contributed by atoms with van der Waals surface area (Å²) in [6.45, 7) is 4.44. The van der Waals surface area contributed by atoms with Gasteiger partial charge in [0, 0.05) is 13.5 Å². The van der Waals surface area contributed by atoms with Gasteiger partial charge in [-0.05, 0) is 19.4 Å². The molecule has 3 heteroatoms. The Balaban J connectivity index is 2.36. The molecule has 1 heterocycles.